The van der Waals surface area contributed by atoms with Gasteiger partial charge in [-0.05, 0) is 47.7 Å². The Morgan fingerprint density at radius 2 is 1.71 bits per heavy atom. The lowest BCUT2D eigenvalue weighted by molar-refractivity contribution is 0.566. The third-order valence-corrected chi connectivity index (χ3v) is 3.88. The number of hydrogen-bond acceptors (Lipinski definition) is 1. The molecule has 0 aliphatic carbocycles. The summed E-state index contributed by atoms with van der Waals surface area (Å²) in [6, 6.07) is 13.9. The van der Waals surface area contributed by atoms with E-state index in [1.807, 2.05) is 19.2 Å². The van der Waals surface area contributed by atoms with Crippen molar-refractivity contribution in [2.45, 2.75) is 39.2 Å². The minimum atomic E-state index is -0.155. The number of nitrogens with one attached hydrogen (secondary N) is 1. The van der Waals surface area contributed by atoms with E-state index in [0.29, 0.717) is 5.56 Å². The Kier molecular flexibility index (Phi) is 4.48. The Morgan fingerprint density at radius 1 is 1.05 bits per heavy atom. The van der Waals surface area contributed by atoms with Crippen molar-refractivity contribution in [2.75, 3.05) is 7.05 Å². The van der Waals surface area contributed by atoms with Crippen molar-refractivity contribution in [3.8, 4) is 0 Å². The predicted molar refractivity (Wildman–Crippen MR) is 87.2 cm³/mol. The molecular formula is C19H24FN. The standard InChI is InChI=1S/C19H24FN/c1-13-12-14(10-11-17(13)20)18(21-5)15-8-6-7-9-16(15)19(2,3)4/h6-12,18,21H,1-5H3. The van der Waals surface area contributed by atoms with Gasteiger partial charge in [0.1, 0.15) is 5.82 Å². The Bertz CT molecular complexity index is 626. The SMILES string of the molecule is CNC(c1ccc(F)c(C)c1)c1ccccc1C(C)(C)C. The quantitative estimate of drug-likeness (QED) is 0.859. The van der Waals surface area contributed by atoms with Crippen LogP contribution in [0.15, 0.2) is 42.5 Å². The highest BCUT2D eigenvalue weighted by molar-refractivity contribution is 5.41. The minimum Gasteiger partial charge on any atom is -0.309 e. The van der Waals surface area contributed by atoms with E-state index in [0.717, 1.165) is 5.56 Å². The molecule has 2 heteroatoms. The van der Waals surface area contributed by atoms with Crippen molar-refractivity contribution in [1.82, 2.24) is 5.32 Å². The zero-order chi connectivity index (χ0) is 15.6. The third-order valence-electron chi connectivity index (χ3n) is 3.88. The summed E-state index contributed by atoms with van der Waals surface area (Å²) in [5.41, 5.74) is 4.40. The highest BCUT2D eigenvalue weighted by Crippen LogP contribution is 2.32. The maximum atomic E-state index is 13.5. The van der Waals surface area contributed by atoms with Crippen LogP contribution >= 0.6 is 0 Å². The lowest BCUT2D eigenvalue weighted by atomic mass is 9.80. The van der Waals surface area contributed by atoms with Crippen LogP contribution in [0, 0.1) is 12.7 Å². The fraction of sp³-hybridized carbons (Fsp3) is 0.368. The van der Waals surface area contributed by atoms with E-state index < -0.39 is 0 Å². The largest absolute Gasteiger partial charge is 0.309 e. The molecule has 112 valence electrons. The van der Waals surface area contributed by atoms with Gasteiger partial charge >= 0.3 is 0 Å². The number of rotatable bonds is 3. The van der Waals surface area contributed by atoms with Gasteiger partial charge in [0.05, 0.1) is 6.04 Å². The summed E-state index contributed by atoms with van der Waals surface area (Å²) in [4.78, 5) is 0. The van der Waals surface area contributed by atoms with E-state index in [1.165, 1.54) is 11.1 Å². The van der Waals surface area contributed by atoms with Crippen LogP contribution in [0.3, 0.4) is 0 Å². The first-order valence-electron chi connectivity index (χ1n) is 7.37. The first kappa shape index (κ1) is 15.7. The smallest absolute Gasteiger partial charge is 0.126 e. The molecule has 0 spiro atoms. The molecular weight excluding hydrogens is 261 g/mol. The van der Waals surface area contributed by atoms with E-state index in [9.17, 15) is 4.39 Å². The molecule has 0 amide bonds. The van der Waals surface area contributed by atoms with Crippen molar-refractivity contribution in [2.24, 2.45) is 0 Å². The van der Waals surface area contributed by atoms with E-state index in [2.05, 4.69) is 50.4 Å². The minimum absolute atomic E-state index is 0.0692. The molecule has 1 atom stereocenters. The molecule has 2 rings (SSSR count). The second-order valence-electron chi connectivity index (χ2n) is 6.57. The van der Waals surface area contributed by atoms with Gasteiger partial charge in [-0.15, -0.1) is 0 Å². The van der Waals surface area contributed by atoms with Crippen LogP contribution in [0.5, 0.6) is 0 Å². The van der Waals surface area contributed by atoms with Crippen molar-refractivity contribution >= 4 is 0 Å². The van der Waals surface area contributed by atoms with Gasteiger partial charge in [-0.2, -0.15) is 0 Å². The van der Waals surface area contributed by atoms with Gasteiger partial charge < -0.3 is 5.32 Å². The van der Waals surface area contributed by atoms with Crippen molar-refractivity contribution in [3.63, 3.8) is 0 Å². The normalized spacial score (nSPS) is 13.2. The summed E-state index contributed by atoms with van der Waals surface area (Å²) in [5.74, 6) is -0.155. The molecule has 1 nitrogen and oxygen atoms in total. The highest BCUT2D eigenvalue weighted by Gasteiger charge is 2.23. The zero-order valence-corrected chi connectivity index (χ0v) is 13.5. The Morgan fingerprint density at radius 3 is 2.29 bits per heavy atom. The molecule has 2 aromatic carbocycles. The van der Waals surface area contributed by atoms with Crippen LogP contribution in [0.1, 0.15) is 49.1 Å². The van der Waals surface area contributed by atoms with Crippen LogP contribution in [-0.2, 0) is 5.41 Å². The average Bonchev–Trinajstić information content (AvgIpc) is 2.43. The van der Waals surface area contributed by atoms with Gasteiger partial charge in [-0.1, -0.05) is 57.2 Å². The second-order valence-corrected chi connectivity index (χ2v) is 6.57. The number of hydrogen-bond donors (Lipinski definition) is 1. The van der Waals surface area contributed by atoms with Crippen LogP contribution in [0.4, 0.5) is 4.39 Å². The summed E-state index contributed by atoms with van der Waals surface area (Å²) in [6.07, 6.45) is 0. The van der Waals surface area contributed by atoms with Gasteiger partial charge in [-0.3, -0.25) is 0 Å². The number of halogens is 1. The van der Waals surface area contributed by atoms with Gasteiger partial charge in [0.15, 0.2) is 0 Å². The summed E-state index contributed by atoms with van der Waals surface area (Å²) in [7, 11) is 1.95. The molecule has 0 radical (unpaired) electrons. The molecule has 1 unspecified atom stereocenters. The number of aryl methyl sites for hydroxylation is 1. The van der Waals surface area contributed by atoms with Gasteiger partial charge in [0, 0.05) is 0 Å². The molecule has 0 saturated carbocycles. The number of benzene rings is 2. The maximum absolute atomic E-state index is 13.5. The van der Waals surface area contributed by atoms with Crippen LogP contribution < -0.4 is 5.32 Å². The van der Waals surface area contributed by atoms with Crippen molar-refractivity contribution < 1.29 is 4.39 Å². The van der Waals surface area contributed by atoms with Crippen molar-refractivity contribution in [3.05, 3.63) is 70.5 Å². The molecule has 0 bridgehead atoms. The molecule has 2 aromatic rings. The molecule has 0 saturated heterocycles. The van der Waals surface area contributed by atoms with Crippen molar-refractivity contribution in [1.29, 1.82) is 0 Å². The Balaban J connectivity index is 2.54. The Labute approximate surface area is 127 Å². The second kappa shape index (κ2) is 5.98. The molecule has 1 N–H and O–H groups in total. The summed E-state index contributed by atoms with van der Waals surface area (Å²) < 4.78 is 13.5. The third kappa shape index (κ3) is 3.33. The lowest BCUT2D eigenvalue weighted by Gasteiger charge is -2.28. The molecule has 0 heterocycles. The van der Waals surface area contributed by atoms with Gasteiger partial charge in [-0.25, -0.2) is 4.39 Å². The lowest BCUT2D eigenvalue weighted by Crippen LogP contribution is -2.23. The van der Waals surface area contributed by atoms with Gasteiger partial charge in [0.2, 0.25) is 0 Å². The molecule has 0 fully saturated rings. The monoisotopic (exact) mass is 285 g/mol. The summed E-state index contributed by atoms with van der Waals surface area (Å²) in [5, 5.41) is 3.37. The van der Waals surface area contributed by atoms with E-state index in [-0.39, 0.29) is 17.3 Å². The predicted octanol–water partition coefficient (Wildman–Crippen LogP) is 4.74. The average molecular weight is 285 g/mol. The molecule has 0 aliphatic rings. The topological polar surface area (TPSA) is 12.0 Å². The zero-order valence-electron chi connectivity index (χ0n) is 13.5. The first-order chi connectivity index (χ1) is 9.84. The van der Waals surface area contributed by atoms with E-state index in [1.54, 1.807) is 13.0 Å². The maximum Gasteiger partial charge on any atom is 0.126 e. The fourth-order valence-electron chi connectivity index (χ4n) is 2.78. The highest BCUT2D eigenvalue weighted by atomic mass is 19.1. The van der Waals surface area contributed by atoms with Gasteiger partial charge in [0.25, 0.3) is 0 Å². The summed E-state index contributed by atoms with van der Waals surface area (Å²) >= 11 is 0. The molecule has 0 aliphatic heterocycles. The summed E-state index contributed by atoms with van der Waals surface area (Å²) in [6.45, 7) is 8.46. The first-order valence-corrected chi connectivity index (χ1v) is 7.37. The van der Waals surface area contributed by atoms with Crippen LogP contribution in [-0.4, -0.2) is 7.05 Å². The van der Waals surface area contributed by atoms with Crippen LogP contribution in [0.2, 0.25) is 0 Å². The fourth-order valence-corrected chi connectivity index (χ4v) is 2.78. The van der Waals surface area contributed by atoms with Crippen LogP contribution in [0.25, 0.3) is 0 Å². The van der Waals surface area contributed by atoms with E-state index in [4.69, 9.17) is 0 Å². The molecule has 0 aromatic heterocycles. The Hall–Kier alpha value is -1.67. The molecule has 21 heavy (non-hydrogen) atoms. The van der Waals surface area contributed by atoms with E-state index >= 15 is 0 Å².